The number of aliphatic hydroxyl groups excluding tert-OH is 1. The van der Waals surface area contributed by atoms with Crippen molar-refractivity contribution in [1.82, 2.24) is 9.97 Å². The lowest BCUT2D eigenvalue weighted by atomic mass is 10.9. The van der Waals surface area contributed by atoms with Crippen LogP contribution in [0.15, 0.2) is 12.4 Å². The summed E-state index contributed by atoms with van der Waals surface area (Å²) >= 11 is 0. The Morgan fingerprint density at radius 2 is 2.42 bits per heavy atom. The van der Waals surface area contributed by atoms with Gasteiger partial charge in [0.25, 0.3) is 0 Å². The van der Waals surface area contributed by atoms with Gasteiger partial charge in [-0.15, -0.1) is 0 Å². The molecule has 0 fully saturated rings. The fourth-order valence-electron chi connectivity index (χ4n) is 0.640. The highest BCUT2D eigenvalue weighted by Crippen LogP contribution is 1.99. The monoisotopic (exact) mass is 191 g/mol. The fourth-order valence-corrected chi connectivity index (χ4v) is 1.39. The summed E-state index contributed by atoms with van der Waals surface area (Å²) in [6.45, 7) is -0.407. The third-order valence-corrected chi connectivity index (χ3v) is 2.33. The van der Waals surface area contributed by atoms with Crippen molar-refractivity contribution in [3.05, 3.63) is 12.4 Å². The Bertz CT molecular complexity index is 318. The van der Waals surface area contributed by atoms with Crippen molar-refractivity contribution in [2.24, 2.45) is 0 Å². The Morgan fingerprint density at radius 3 is 2.92 bits per heavy atom. The van der Waals surface area contributed by atoms with Gasteiger partial charge >= 0.3 is 0 Å². The summed E-state index contributed by atoms with van der Waals surface area (Å²) in [5.41, 5.74) is 0. The maximum absolute atomic E-state index is 11.0. The molecule has 0 aliphatic heterocycles. The number of hydrogen-bond donors (Lipinski definition) is 3. The number of anilines is 1. The molecule has 0 unspecified atom stereocenters. The van der Waals surface area contributed by atoms with E-state index in [9.17, 15) is 8.42 Å². The van der Waals surface area contributed by atoms with Gasteiger partial charge in [0.1, 0.15) is 0 Å². The number of aliphatic hydroxyl groups is 1. The van der Waals surface area contributed by atoms with Gasteiger partial charge < -0.3 is 10.1 Å². The van der Waals surface area contributed by atoms with Crippen LogP contribution in [0.1, 0.15) is 0 Å². The van der Waals surface area contributed by atoms with E-state index in [-0.39, 0.29) is 11.7 Å². The Labute approximate surface area is 69.7 Å². The Kier molecular flexibility index (Phi) is 2.66. The van der Waals surface area contributed by atoms with Crippen molar-refractivity contribution in [2.45, 2.75) is 0 Å². The molecule has 0 radical (unpaired) electrons. The van der Waals surface area contributed by atoms with Gasteiger partial charge in [-0.1, -0.05) is 0 Å². The number of sulfonamides is 1. The van der Waals surface area contributed by atoms with Gasteiger partial charge in [-0.25, -0.2) is 13.4 Å². The average Bonchev–Trinajstić information content (AvgIpc) is 2.38. The molecule has 6 nitrogen and oxygen atoms in total. The first-order valence-corrected chi connectivity index (χ1v) is 4.90. The molecule has 1 aromatic rings. The molecule has 0 bridgehead atoms. The summed E-state index contributed by atoms with van der Waals surface area (Å²) in [7, 11) is -3.45. The minimum atomic E-state index is -3.45. The van der Waals surface area contributed by atoms with Gasteiger partial charge in [-0.3, -0.25) is 4.72 Å². The van der Waals surface area contributed by atoms with Crippen LogP contribution in [0.4, 0.5) is 5.95 Å². The molecule has 0 aliphatic carbocycles. The molecule has 1 rings (SSSR count). The molecule has 0 spiro atoms. The molecule has 12 heavy (non-hydrogen) atoms. The molecular formula is C5H9N3O3S. The zero-order chi connectivity index (χ0) is 9.03. The molecule has 7 heteroatoms. The van der Waals surface area contributed by atoms with Gasteiger partial charge in [0.15, 0.2) is 0 Å². The molecule has 1 heterocycles. The van der Waals surface area contributed by atoms with Crippen LogP contribution in [-0.2, 0) is 10.0 Å². The normalized spacial score (nSPS) is 11.4. The number of hydrogen-bond acceptors (Lipinski definition) is 4. The van der Waals surface area contributed by atoms with Crippen LogP contribution >= 0.6 is 0 Å². The first-order chi connectivity index (χ1) is 5.64. The minimum Gasteiger partial charge on any atom is -0.395 e. The summed E-state index contributed by atoms with van der Waals surface area (Å²) < 4.78 is 24.1. The lowest BCUT2D eigenvalue weighted by Crippen LogP contribution is -2.19. The van der Waals surface area contributed by atoms with E-state index >= 15 is 0 Å². The van der Waals surface area contributed by atoms with E-state index in [0.29, 0.717) is 0 Å². The SMILES string of the molecule is O=S(=O)(CCO)Nc1ncc[nH]1. The van der Waals surface area contributed by atoms with Crippen molar-refractivity contribution < 1.29 is 13.5 Å². The summed E-state index contributed by atoms with van der Waals surface area (Å²) in [4.78, 5) is 6.22. The molecule has 0 atom stereocenters. The average molecular weight is 191 g/mol. The molecule has 0 saturated heterocycles. The van der Waals surface area contributed by atoms with Gasteiger partial charge in [-0.05, 0) is 0 Å². The molecule has 1 aromatic heterocycles. The summed E-state index contributed by atoms with van der Waals surface area (Å²) in [6.07, 6.45) is 2.92. The molecule has 0 amide bonds. The number of nitrogens with one attached hydrogen (secondary N) is 2. The van der Waals surface area contributed by atoms with E-state index in [1.807, 2.05) is 0 Å². The first-order valence-electron chi connectivity index (χ1n) is 3.25. The van der Waals surface area contributed by atoms with Gasteiger partial charge in [0, 0.05) is 12.4 Å². The van der Waals surface area contributed by atoms with E-state index in [2.05, 4.69) is 14.7 Å². The molecule has 3 N–H and O–H groups in total. The quantitative estimate of drug-likeness (QED) is 0.577. The third-order valence-electron chi connectivity index (χ3n) is 1.11. The Hall–Kier alpha value is -1.08. The number of imidazole rings is 1. The van der Waals surface area contributed by atoms with Crippen molar-refractivity contribution in [2.75, 3.05) is 17.1 Å². The third kappa shape index (κ3) is 2.51. The van der Waals surface area contributed by atoms with Crippen molar-refractivity contribution in [1.29, 1.82) is 0 Å². The number of nitrogens with zero attached hydrogens (tertiary/aromatic N) is 1. The van der Waals surface area contributed by atoms with E-state index in [1.54, 1.807) is 0 Å². The Morgan fingerprint density at radius 1 is 1.67 bits per heavy atom. The van der Waals surface area contributed by atoms with Crippen LogP contribution in [-0.4, -0.2) is 35.9 Å². The van der Waals surface area contributed by atoms with Crippen LogP contribution in [0.5, 0.6) is 0 Å². The van der Waals surface area contributed by atoms with Crippen LogP contribution in [0.3, 0.4) is 0 Å². The lowest BCUT2D eigenvalue weighted by Gasteiger charge is -2.01. The van der Waals surface area contributed by atoms with Crippen LogP contribution < -0.4 is 4.72 Å². The minimum absolute atomic E-state index is 0.156. The zero-order valence-electron chi connectivity index (χ0n) is 6.19. The molecule has 0 saturated carbocycles. The summed E-state index contributed by atoms with van der Waals surface area (Å²) in [5.74, 6) is -0.170. The topological polar surface area (TPSA) is 95.1 Å². The highest BCUT2D eigenvalue weighted by Gasteiger charge is 2.09. The molecular weight excluding hydrogens is 182 g/mol. The van der Waals surface area contributed by atoms with Crippen LogP contribution in [0, 0.1) is 0 Å². The van der Waals surface area contributed by atoms with Crippen molar-refractivity contribution in [3.8, 4) is 0 Å². The van der Waals surface area contributed by atoms with E-state index < -0.39 is 16.6 Å². The molecule has 0 aliphatic rings. The van der Waals surface area contributed by atoms with Crippen LogP contribution in [0.2, 0.25) is 0 Å². The smallest absolute Gasteiger partial charge is 0.237 e. The lowest BCUT2D eigenvalue weighted by molar-refractivity contribution is 0.320. The van der Waals surface area contributed by atoms with E-state index in [1.165, 1.54) is 12.4 Å². The molecule has 68 valence electrons. The van der Waals surface area contributed by atoms with E-state index in [0.717, 1.165) is 0 Å². The second-order valence-corrected chi connectivity index (χ2v) is 3.92. The van der Waals surface area contributed by atoms with Gasteiger partial charge in [-0.2, -0.15) is 0 Å². The predicted octanol–water partition coefficient (Wildman–Crippen LogP) is -0.856. The number of aromatic nitrogens is 2. The van der Waals surface area contributed by atoms with Crippen LogP contribution in [0.25, 0.3) is 0 Å². The van der Waals surface area contributed by atoms with Crippen molar-refractivity contribution in [3.63, 3.8) is 0 Å². The second kappa shape index (κ2) is 3.55. The van der Waals surface area contributed by atoms with Crippen molar-refractivity contribution >= 4 is 16.0 Å². The number of aromatic amines is 1. The zero-order valence-corrected chi connectivity index (χ0v) is 7.00. The maximum atomic E-state index is 11.0. The predicted molar refractivity (Wildman–Crippen MR) is 43.1 cm³/mol. The molecule has 0 aromatic carbocycles. The Balaban J connectivity index is 2.63. The highest BCUT2D eigenvalue weighted by molar-refractivity contribution is 7.92. The highest BCUT2D eigenvalue weighted by atomic mass is 32.2. The summed E-state index contributed by atoms with van der Waals surface area (Å²) in [6, 6.07) is 0. The standard InChI is InChI=1S/C5H9N3O3S/c9-3-4-12(10,11)8-5-6-1-2-7-5/h1-2,9H,3-4H2,(H2,6,7,8). The van der Waals surface area contributed by atoms with Gasteiger partial charge in [0.05, 0.1) is 12.4 Å². The van der Waals surface area contributed by atoms with Gasteiger partial charge in [0.2, 0.25) is 16.0 Å². The first kappa shape index (κ1) is 9.01. The fraction of sp³-hybridized carbons (Fsp3) is 0.400. The van der Waals surface area contributed by atoms with E-state index in [4.69, 9.17) is 5.11 Å². The number of H-pyrrole nitrogens is 1. The number of rotatable bonds is 4. The largest absolute Gasteiger partial charge is 0.395 e. The second-order valence-electron chi connectivity index (χ2n) is 2.08. The maximum Gasteiger partial charge on any atom is 0.237 e. The summed E-state index contributed by atoms with van der Waals surface area (Å²) in [5, 5.41) is 8.38.